The van der Waals surface area contributed by atoms with Crippen molar-refractivity contribution >= 4 is 0 Å². The van der Waals surface area contributed by atoms with E-state index in [9.17, 15) is 9.90 Å². The molecule has 0 unspecified atom stereocenters. The van der Waals surface area contributed by atoms with Gasteiger partial charge in [-0.15, -0.1) is 0 Å². The zero-order valence-electron chi connectivity index (χ0n) is 15.1. The van der Waals surface area contributed by atoms with Crippen LogP contribution in [0.25, 0.3) is 5.69 Å². The Hall–Kier alpha value is -3.29. The van der Waals surface area contributed by atoms with Crippen molar-refractivity contribution in [1.29, 1.82) is 0 Å². The predicted octanol–water partition coefficient (Wildman–Crippen LogP) is 1.88. The first-order chi connectivity index (χ1) is 12.4. The summed E-state index contributed by atoms with van der Waals surface area (Å²) in [6.07, 6.45) is 0. The molecule has 0 fully saturated rings. The summed E-state index contributed by atoms with van der Waals surface area (Å²) in [4.78, 5) is 12.2. The van der Waals surface area contributed by atoms with Crippen molar-refractivity contribution in [3.05, 3.63) is 57.5 Å². The maximum Gasteiger partial charge on any atom is 0.368 e. The third-order valence-electron chi connectivity index (χ3n) is 4.14. The summed E-state index contributed by atoms with van der Waals surface area (Å²) in [5.41, 5.74) is 2.37. The Bertz CT molecular complexity index is 1010. The quantitative estimate of drug-likeness (QED) is 0.750. The summed E-state index contributed by atoms with van der Waals surface area (Å²) in [7, 11) is 3.09. The van der Waals surface area contributed by atoms with Crippen molar-refractivity contribution in [2.24, 2.45) is 7.05 Å². The molecule has 3 rings (SSSR count). The minimum Gasteiger partial charge on any atom is -0.508 e. The summed E-state index contributed by atoms with van der Waals surface area (Å²) in [5.74, 6) is 1.44. The monoisotopic (exact) mass is 356 g/mol. The number of rotatable bonds is 5. The molecule has 0 aliphatic heterocycles. The molecule has 1 heterocycles. The zero-order valence-corrected chi connectivity index (χ0v) is 15.1. The van der Waals surface area contributed by atoms with E-state index in [1.807, 2.05) is 6.92 Å². The molecule has 0 atom stereocenters. The van der Waals surface area contributed by atoms with Crippen LogP contribution in [0, 0.1) is 13.8 Å². The SMILES string of the molecule is COc1cccc(-n2nnn(C)c2=O)c1COc1cc(C)c(O)cc1C. The smallest absolute Gasteiger partial charge is 0.368 e. The minimum atomic E-state index is -0.365. The number of aryl methyl sites for hydroxylation is 3. The Kier molecular flexibility index (Phi) is 4.66. The van der Waals surface area contributed by atoms with E-state index in [1.165, 1.54) is 11.7 Å². The Morgan fingerprint density at radius 3 is 2.54 bits per heavy atom. The predicted molar refractivity (Wildman–Crippen MR) is 95.1 cm³/mol. The van der Waals surface area contributed by atoms with Crippen molar-refractivity contribution in [2.45, 2.75) is 20.5 Å². The molecule has 1 N–H and O–H groups in total. The summed E-state index contributed by atoms with van der Waals surface area (Å²) >= 11 is 0. The summed E-state index contributed by atoms with van der Waals surface area (Å²) < 4.78 is 13.7. The molecule has 26 heavy (non-hydrogen) atoms. The van der Waals surface area contributed by atoms with E-state index in [0.29, 0.717) is 22.7 Å². The van der Waals surface area contributed by atoms with E-state index >= 15 is 0 Å². The van der Waals surface area contributed by atoms with Gasteiger partial charge in [0.05, 0.1) is 18.4 Å². The molecule has 3 aromatic rings. The van der Waals surface area contributed by atoms with Gasteiger partial charge in [-0.25, -0.2) is 4.79 Å². The topological polar surface area (TPSA) is 91.4 Å². The van der Waals surface area contributed by atoms with Gasteiger partial charge >= 0.3 is 5.69 Å². The van der Waals surface area contributed by atoms with Crippen LogP contribution in [0.3, 0.4) is 0 Å². The van der Waals surface area contributed by atoms with Gasteiger partial charge < -0.3 is 14.6 Å². The lowest BCUT2D eigenvalue weighted by Gasteiger charge is -2.15. The van der Waals surface area contributed by atoms with Crippen LogP contribution in [0.15, 0.2) is 35.1 Å². The van der Waals surface area contributed by atoms with Crippen molar-refractivity contribution < 1.29 is 14.6 Å². The molecule has 0 radical (unpaired) electrons. The summed E-state index contributed by atoms with van der Waals surface area (Å²) in [6.45, 7) is 3.81. The van der Waals surface area contributed by atoms with E-state index < -0.39 is 0 Å². The lowest BCUT2D eigenvalue weighted by molar-refractivity contribution is 0.293. The van der Waals surface area contributed by atoms with Gasteiger partial charge in [-0.3, -0.25) is 0 Å². The van der Waals surface area contributed by atoms with Gasteiger partial charge in [0.2, 0.25) is 0 Å². The number of benzene rings is 2. The van der Waals surface area contributed by atoms with Crippen LogP contribution in [-0.2, 0) is 13.7 Å². The molecule has 136 valence electrons. The van der Waals surface area contributed by atoms with Gasteiger partial charge in [0, 0.05) is 7.05 Å². The highest BCUT2D eigenvalue weighted by atomic mass is 16.5. The van der Waals surface area contributed by atoms with E-state index in [-0.39, 0.29) is 18.0 Å². The van der Waals surface area contributed by atoms with E-state index in [2.05, 4.69) is 10.4 Å². The molecule has 0 aliphatic rings. The van der Waals surface area contributed by atoms with Crippen molar-refractivity contribution in [2.75, 3.05) is 7.11 Å². The molecule has 0 saturated carbocycles. The number of tetrazole rings is 1. The van der Waals surface area contributed by atoms with Gasteiger partial charge in [-0.1, -0.05) is 6.07 Å². The largest absolute Gasteiger partial charge is 0.508 e. The van der Waals surface area contributed by atoms with Crippen LogP contribution < -0.4 is 15.2 Å². The number of aromatic hydroxyl groups is 1. The molecular weight excluding hydrogens is 336 g/mol. The molecule has 2 aromatic carbocycles. The molecule has 0 amide bonds. The number of phenolic OH excluding ortho intramolecular Hbond substituents is 1. The maximum absolute atomic E-state index is 12.2. The van der Waals surface area contributed by atoms with Crippen LogP contribution in [0.2, 0.25) is 0 Å². The van der Waals surface area contributed by atoms with Crippen LogP contribution in [0.1, 0.15) is 16.7 Å². The zero-order chi connectivity index (χ0) is 18.8. The highest BCUT2D eigenvalue weighted by Gasteiger charge is 2.16. The van der Waals surface area contributed by atoms with Crippen molar-refractivity contribution in [3.8, 4) is 22.9 Å². The number of ether oxygens (including phenoxy) is 2. The number of hydrogen-bond donors (Lipinski definition) is 1. The van der Waals surface area contributed by atoms with Crippen LogP contribution in [0.5, 0.6) is 17.2 Å². The van der Waals surface area contributed by atoms with Crippen LogP contribution in [-0.4, -0.2) is 32.0 Å². The maximum atomic E-state index is 12.2. The van der Waals surface area contributed by atoms with E-state index in [0.717, 1.165) is 15.8 Å². The van der Waals surface area contributed by atoms with Crippen LogP contribution >= 0.6 is 0 Å². The normalized spacial score (nSPS) is 10.8. The third-order valence-corrected chi connectivity index (χ3v) is 4.14. The van der Waals surface area contributed by atoms with Crippen molar-refractivity contribution in [3.63, 3.8) is 0 Å². The lowest BCUT2D eigenvalue weighted by atomic mass is 10.1. The highest BCUT2D eigenvalue weighted by Crippen LogP contribution is 2.30. The summed E-state index contributed by atoms with van der Waals surface area (Å²) in [6, 6.07) is 8.74. The molecule has 0 bridgehead atoms. The molecule has 0 saturated heterocycles. The highest BCUT2D eigenvalue weighted by molar-refractivity contribution is 5.50. The number of nitrogens with zero attached hydrogens (tertiary/aromatic N) is 4. The first-order valence-electron chi connectivity index (χ1n) is 8.00. The molecule has 1 aromatic heterocycles. The summed E-state index contributed by atoms with van der Waals surface area (Å²) in [5, 5.41) is 17.4. The second-order valence-electron chi connectivity index (χ2n) is 5.95. The molecular formula is C18H20N4O4. The Morgan fingerprint density at radius 1 is 1.12 bits per heavy atom. The number of methoxy groups -OCH3 is 1. The lowest BCUT2D eigenvalue weighted by Crippen LogP contribution is -2.23. The molecule has 0 aliphatic carbocycles. The van der Waals surface area contributed by atoms with E-state index in [1.54, 1.807) is 44.4 Å². The van der Waals surface area contributed by atoms with Gasteiger partial charge in [0.1, 0.15) is 23.9 Å². The molecule has 8 nitrogen and oxygen atoms in total. The number of phenols is 1. The third kappa shape index (κ3) is 3.13. The second-order valence-corrected chi connectivity index (χ2v) is 5.95. The first-order valence-corrected chi connectivity index (χ1v) is 8.00. The van der Waals surface area contributed by atoms with Gasteiger partial charge in [-0.05, 0) is 59.7 Å². The Morgan fingerprint density at radius 2 is 1.88 bits per heavy atom. The standard InChI is InChI=1S/C18H20N4O4/c1-11-9-17(12(2)8-15(11)23)26-10-13-14(6-5-7-16(13)25-4)22-18(24)21(3)19-20-22/h5-9,23H,10H2,1-4H3. The van der Waals surface area contributed by atoms with Gasteiger partial charge in [0.25, 0.3) is 0 Å². The average Bonchev–Trinajstić information content (AvgIpc) is 2.95. The molecule has 0 spiro atoms. The van der Waals surface area contributed by atoms with Crippen molar-refractivity contribution in [1.82, 2.24) is 19.8 Å². The Labute approximate surface area is 150 Å². The number of hydrogen-bond acceptors (Lipinski definition) is 6. The first kappa shape index (κ1) is 17.5. The Balaban J connectivity index is 2.01. The second kappa shape index (κ2) is 6.91. The fourth-order valence-corrected chi connectivity index (χ4v) is 2.63. The molecule has 8 heteroatoms. The fourth-order valence-electron chi connectivity index (χ4n) is 2.63. The van der Waals surface area contributed by atoms with Gasteiger partial charge in [0.15, 0.2) is 0 Å². The van der Waals surface area contributed by atoms with E-state index in [4.69, 9.17) is 9.47 Å². The minimum absolute atomic E-state index is 0.160. The van der Waals surface area contributed by atoms with Crippen LogP contribution in [0.4, 0.5) is 0 Å². The van der Waals surface area contributed by atoms with Gasteiger partial charge in [-0.2, -0.15) is 9.36 Å². The average molecular weight is 356 g/mol. The number of aromatic nitrogens is 4. The fraction of sp³-hybridized carbons (Fsp3) is 0.278.